The van der Waals surface area contributed by atoms with E-state index < -0.39 is 18.4 Å². The second-order valence-electron chi connectivity index (χ2n) is 8.61. The molecular formula is C23H33N3O5. The van der Waals surface area contributed by atoms with E-state index in [9.17, 15) is 15.0 Å². The number of aromatic nitrogens is 2. The lowest BCUT2D eigenvalue weighted by Crippen LogP contribution is -2.40. The second-order valence-corrected chi connectivity index (χ2v) is 8.61. The van der Waals surface area contributed by atoms with Crippen LogP contribution in [0, 0.1) is 12.3 Å². The van der Waals surface area contributed by atoms with Crippen LogP contribution in [0.2, 0.25) is 0 Å². The molecule has 8 heteroatoms. The average molecular weight is 432 g/mol. The molecule has 0 saturated carbocycles. The van der Waals surface area contributed by atoms with Crippen LogP contribution in [-0.4, -0.2) is 53.1 Å². The zero-order chi connectivity index (χ0) is 22.8. The lowest BCUT2D eigenvalue weighted by molar-refractivity contribution is -0.150. The highest BCUT2D eigenvalue weighted by Crippen LogP contribution is 2.41. The summed E-state index contributed by atoms with van der Waals surface area (Å²) in [6, 6.07) is 1.74. The summed E-state index contributed by atoms with van der Waals surface area (Å²) in [7, 11) is 2.67. The first-order valence-corrected chi connectivity index (χ1v) is 10.6. The summed E-state index contributed by atoms with van der Waals surface area (Å²) >= 11 is 0. The maximum absolute atomic E-state index is 12.2. The van der Waals surface area contributed by atoms with Crippen LogP contribution in [0.15, 0.2) is 24.9 Å². The van der Waals surface area contributed by atoms with Crippen molar-refractivity contribution in [3.8, 4) is 0 Å². The number of rotatable bonds is 8. The van der Waals surface area contributed by atoms with E-state index >= 15 is 0 Å². The summed E-state index contributed by atoms with van der Waals surface area (Å²) in [5.74, 6) is -0.710. The summed E-state index contributed by atoms with van der Waals surface area (Å²) in [6.45, 7) is 9.53. The molecule has 1 aliphatic heterocycles. The van der Waals surface area contributed by atoms with Crippen LogP contribution in [0.4, 0.5) is 5.69 Å². The van der Waals surface area contributed by atoms with Crippen molar-refractivity contribution in [1.82, 2.24) is 9.61 Å². The molecule has 1 fully saturated rings. The predicted octanol–water partition coefficient (Wildman–Crippen LogP) is 3.06. The molecule has 0 amide bonds. The number of hydrogen-bond acceptors (Lipinski definition) is 7. The number of anilines is 1. The largest absolute Gasteiger partial charge is 0.467 e. The Kier molecular flexibility index (Phi) is 7.03. The molecule has 2 N–H and O–H groups in total. The highest BCUT2D eigenvalue weighted by molar-refractivity contribution is 5.86. The van der Waals surface area contributed by atoms with E-state index in [0.717, 1.165) is 44.5 Å². The summed E-state index contributed by atoms with van der Waals surface area (Å²) in [6.07, 6.45) is 5.16. The molecule has 0 aliphatic carbocycles. The fraction of sp³-hybridized carbons (Fsp3) is 0.565. The number of piperidine rings is 1. The SMILES string of the molecule is C=CCCC1(C)CCN(c2c([C@H](O)C(=O)OC)c(C)cn3nc(C(O)OC)cc23)CC1. The third-order valence-electron chi connectivity index (χ3n) is 6.41. The number of ether oxygens (including phenoxy) is 2. The first-order chi connectivity index (χ1) is 14.7. The van der Waals surface area contributed by atoms with Crippen LogP contribution < -0.4 is 4.90 Å². The smallest absolute Gasteiger partial charge is 0.339 e. The van der Waals surface area contributed by atoms with Gasteiger partial charge in [0.2, 0.25) is 0 Å². The quantitative estimate of drug-likeness (QED) is 0.377. The number of aliphatic hydroxyl groups is 2. The van der Waals surface area contributed by atoms with E-state index in [4.69, 9.17) is 9.47 Å². The Morgan fingerprint density at radius 2 is 2.03 bits per heavy atom. The number of fused-ring (bicyclic) bond motifs is 1. The minimum Gasteiger partial charge on any atom is -0.467 e. The van der Waals surface area contributed by atoms with Crippen LogP contribution in [0.25, 0.3) is 5.52 Å². The minimum absolute atomic E-state index is 0.226. The number of aryl methyl sites for hydroxylation is 1. The number of allylic oxidation sites excluding steroid dienone is 1. The monoisotopic (exact) mass is 431 g/mol. The highest BCUT2D eigenvalue weighted by Gasteiger charge is 2.34. The normalized spacial score (nSPS) is 18.1. The zero-order valence-electron chi connectivity index (χ0n) is 18.8. The van der Waals surface area contributed by atoms with Gasteiger partial charge in [0.15, 0.2) is 12.4 Å². The number of hydrogen-bond donors (Lipinski definition) is 2. The van der Waals surface area contributed by atoms with Gasteiger partial charge in [-0.15, -0.1) is 6.58 Å². The Morgan fingerprint density at radius 3 is 2.61 bits per heavy atom. The van der Waals surface area contributed by atoms with Crippen molar-refractivity contribution in [2.45, 2.75) is 51.9 Å². The van der Waals surface area contributed by atoms with Crippen molar-refractivity contribution in [1.29, 1.82) is 0 Å². The van der Waals surface area contributed by atoms with Crippen LogP contribution in [0.5, 0.6) is 0 Å². The van der Waals surface area contributed by atoms with Crippen LogP contribution in [0.1, 0.15) is 61.8 Å². The molecule has 1 saturated heterocycles. The first-order valence-electron chi connectivity index (χ1n) is 10.6. The fourth-order valence-corrected chi connectivity index (χ4v) is 4.39. The molecule has 8 nitrogen and oxygen atoms in total. The second kappa shape index (κ2) is 9.38. The summed E-state index contributed by atoms with van der Waals surface area (Å²) < 4.78 is 11.5. The molecule has 0 spiro atoms. The van der Waals surface area contributed by atoms with Gasteiger partial charge in [-0.1, -0.05) is 13.0 Å². The van der Waals surface area contributed by atoms with E-state index in [2.05, 4.69) is 23.5 Å². The molecule has 170 valence electrons. The molecule has 0 aromatic carbocycles. The van der Waals surface area contributed by atoms with Crippen molar-refractivity contribution >= 4 is 17.2 Å². The third-order valence-corrected chi connectivity index (χ3v) is 6.41. The van der Waals surface area contributed by atoms with Crippen LogP contribution >= 0.6 is 0 Å². The molecule has 3 rings (SSSR count). The van der Waals surface area contributed by atoms with Crippen molar-refractivity contribution < 1.29 is 24.5 Å². The lowest BCUT2D eigenvalue weighted by atomic mass is 9.76. The van der Waals surface area contributed by atoms with Crippen LogP contribution in [-0.2, 0) is 14.3 Å². The third kappa shape index (κ3) is 4.61. The van der Waals surface area contributed by atoms with Gasteiger partial charge in [0, 0.05) is 32.0 Å². The van der Waals surface area contributed by atoms with Gasteiger partial charge in [0.25, 0.3) is 0 Å². The Morgan fingerprint density at radius 1 is 1.35 bits per heavy atom. The maximum atomic E-state index is 12.2. The van der Waals surface area contributed by atoms with Crippen molar-refractivity contribution in [3.63, 3.8) is 0 Å². The molecule has 2 atom stereocenters. The van der Waals surface area contributed by atoms with Gasteiger partial charge in [0.05, 0.1) is 18.3 Å². The van der Waals surface area contributed by atoms with Crippen LogP contribution in [0.3, 0.4) is 0 Å². The van der Waals surface area contributed by atoms with Gasteiger partial charge >= 0.3 is 5.97 Å². The van der Waals surface area contributed by atoms with Gasteiger partial charge < -0.3 is 24.6 Å². The molecular weight excluding hydrogens is 398 g/mol. The number of nitrogens with zero attached hydrogens (tertiary/aromatic N) is 3. The standard InChI is InChI=1S/C23H33N3O5/c1-6-7-8-23(3)9-11-25(12-10-23)19-17-13-16(21(28)30-4)24-26(17)14-15(2)18(19)20(27)22(29)31-5/h6,13-14,20-21,27-28H,1,7-12H2,2-5H3/t20-,21?/m0/s1. The topological polar surface area (TPSA) is 96.5 Å². The number of aliphatic hydroxyl groups excluding tert-OH is 2. The molecule has 31 heavy (non-hydrogen) atoms. The zero-order valence-corrected chi connectivity index (χ0v) is 18.8. The van der Waals surface area contributed by atoms with E-state index in [0.29, 0.717) is 22.3 Å². The number of carbonyl (C=O) groups excluding carboxylic acids is 1. The van der Waals surface area contributed by atoms with Gasteiger partial charge in [0.1, 0.15) is 5.69 Å². The number of esters is 1. The van der Waals surface area contributed by atoms with E-state index in [-0.39, 0.29) is 5.41 Å². The van der Waals surface area contributed by atoms with E-state index in [1.807, 2.05) is 13.0 Å². The Labute approximate surface area is 183 Å². The molecule has 2 aromatic rings. The molecule has 1 aliphatic rings. The molecule has 0 radical (unpaired) electrons. The van der Waals surface area contributed by atoms with Crippen molar-refractivity contribution in [2.75, 3.05) is 32.2 Å². The summed E-state index contributed by atoms with van der Waals surface area (Å²) in [5.41, 5.74) is 3.24. The Hall–Kier alpha value is -2.42. The molecule has 1 unspecified atom stereocenters. The lowest BCUT2D eigenvalue weighted by Gasteiger charge is -2.41. The van der Waals surface area contributed by atoms with Gasteiger partial charge in [-0.05, 0) is 49.7 Å². The number of carbonyl (C=O) groups is 1. The summed E-state index contributed by atoms with van der Waals surface area (Å²) in [5, 5.41) is 25.4. The van der Waals surface area contributed by atoms with Crippen molar-refractivity contribution in [3.05, 3.63) is 41.7 Å². The van der Waals surface area contributed by atoms with E-state index in [1.165, 1.54) is 14.2 Å². The van der Waals surface area contributed by atoms with Gasteiger partial charge in [-0.25, -0.2) is 9.31 Å². The highest BCUT2D eigenvalue weighted by atomic mass is 16.6. The fourth-order valence-electron chi connectivity index (χ4n) is 4.39. The average Bonchev–Trinajstić information content (AvgIpc) is 3.19. The predicted molar refractivity (Wildman–Crippen MR) is 118 cm³/mol. The van der Waals surface area contributed by atoms with E-state index in [1.54, 1.807) is 16.8 Å². The maximum Gasteiger partial charge on any atom is 0.339 e. The van der Waals surface area contributed by atoms with Gasteiger partial charge in [-0.2, -0.15) is 5.10 Å². The first kappa shape index (κ1) is 23.2. The molecule has 3 heterocycles. The number of methoxy groups -OCH3 is 2. The van der Waals surface area contributed by atoms with Crippen molar-refractivity contribution in [2.24, 2.45) is 5.41 Å². The molecule has 0 bridgehead atoms. The Bertz CT molecular complexity index is 946. The molecule has 2 aromatic heterocycles. The Balaban J connectivity index is 2.09. The summed E-state index contributed by atoms with van der Waals surface area (Å²) in [4.78, 5) is 14.4. The minimum atomic E-state index is -1.41. The van der Waals surface area contributed by atoms with Gasteiger partial charge in [-0.3, -0.25) is 0 Å². The number of pyridine rings is 1.